The minimum atomic E-state index is -0.548. The standard InChI is InChI=1S/C17H23N3O3/c1-3-12(4-2)15(21)9-18-17(23)11-20-14-8-6-5-7-13(14)16(22)10-19-20/h5-8,10,12,15,21H,3-4,9,11H2,1-2H3,(H,18,23). The van der Waals surface area contributed by atoms with Crippen molar-refractivity contribution in [3.63, 3.8) is 0 Å². The number of carbonyl (C=O) groups is 1. The average Bonchev–Trinajstić information content (AvgIpc) is 2.57. The van der Waals surface area contributed by atoms with Crippen molar-refractivity contribution in [1.82, 2.24) is 15.1 Å². The molecule has 1 unspecified atom stereocenters. The summed E-state index contributed by atoms with van der Waals surface area (Å²) in [7, 11) is 0. The van der Waals surface area contributed by atoms with Crippen molar-refractivity contribution in [1.29, 1.82) is 0 Å². The number of hydrogen-bond acceptors (Lipinski definition) is 4. The fourth-order valence-electron chi connectivity index (χ4n) is 2.70. The topological polar surface area (TPSA) is 84.2 Å². The minimum absolute atomic E-state index is 0.0103. The third kappa shape index (κ3) is 4.16. The van der Waals surface area contributed by atoms with Crippen LogP contribution in [0.15, 0.2) is 35.3 Å². The van der Waals surface area contributed by atoms with Crippen molar-refractivity contribution in [2.45, 2.75) is 39.3 Å². The Balaban J connectivity index is 2.04. The van der Waals surface area contributed by atoms with Crippen LogP contribution in [0.25, 0.3) is 10.9 Å². The molecule has 0 saturated heterocycles. The van der Waals surface area contributed by atoms with Crippen LogP contribution in [0.2, 0.25) is 0 Å². The first-order chi connectivity index (χ1) is 11.1. The maximum Gasteiger partial charge on any atom is 0.241 e. The highest BCUT2D eigenvalue weighted by atomic mass is 16.3. The van der Waals surface area contributed by atoms with Gasteiger partial charge in [-0.2, -0.15) is 5.10 Å². The summed E-state index contributed by atoms with van der Waals surface area (Å²) in [6.45, 7) is 4.28. The number of benzene rings is 1. The molecule has 0 radical (unpaired) electrons. The second-order valence-corrected chi connectivity index (χ2v) is 5.63. The first-order valence-corrected chi connectivity index (χ1v) is 7.96. The number of nitrogens with zero attached hydrogens (tertiary/aromatic N) is 2. The van der Waals surface area contributed by atoms with E-state index in [1.807, 2.05) is 13.8 Å². The van der Waals surface area contributed by atoms with Gasteiger partial charge in [-0.1, -0.05) is 38.8 Å². The molecule has 1 aromatic carbocycles. The molecule has 0 aliphatic rings. The molecule has 2 rings (SSSR count). The molecule has 1 aromatic heterocycles. The number of carbonyl (C=O) groups excluding carboxylic acids is 1. The largest absolute Gasteiger partial charge is 0.391 e. The van der Waals surface area contributed by atoms with Crippen LogP contribution in [0, 0.1) is 5.92 Å². The lowest BCUT2D eigenvalue weighted by atomic mass is 9.96. The second kappa shape index (κ2) is 7.87. The van der Waals surface area contributed by atoms with Crippen LogP contribution >= 0.6 is 0 Å². The van der Waals surface area contributed by atoms with E-state index in [0.717, 1.165) is 12.8 Å². The van der Waals surface area contributed by atoms with E-state index in [2.05, 4.69) is 10.4 Å². The van der Waals surface area contributed by atoms with Gasteiger partial charge >= 0.3 is 0 Å². The van der Waals surface area contributed by atoms with Crippen LogP contribution in [-0.4, -0.2) is 33.4 Å². The fraction of sp³-hybridized carbons (Fsp3) is 0.471. The Hall–Kier alpha value is -2.21. The number of hydrogen-bond donors (Lipinski definition) is 2. The third-order valence-electron chi connectivity index (χ3n) is 4.16. The molecule has 1 heterocycles. The van der Waals surface area contributed by atoms with Crippen molar-refractivity contribution in [2.75, 3.05) is 6.54 Å². The van der Waals surface area contributed by atoms with Gasteiger partial charge in [0.2, 0.25) is 11.3 Å². The van der Waals surface area contributed by atoms with Gasteiger partial charge in [-0.05, 0) is 18.1 Å². The summed E-state index contributed by atoms with van der Waals surface area (Å²) in [5.41, 5.74) is 0.456. The molecule has 1 atom stereocenters. The number of fused-ring (bicyclic) bond motifs is 1. The van der Waals surface area contributed by atoms with E-state index in [-0.39, 0.29) is 30.3 Å². The van der Waals surface area contributed by atoms with Gasteiger partial charge in [0.25, 0.3) is 0 Å². The van der Waals surface area contributed by atoms with E-state index in [1.165, 1.54) is 10.9 Å². The van der Waals surface area contributed by atoms with Crippen LogP contribution in [-0.2, 0) is 11.3 Å². The summed E-state index contributed by atoms with van der Waals surface area (Å²) < 4.78 is 1.50. The highest BCUT2D eigenvalue weighted by molar-refractivity contribution is 5.81. The van der Waals surface area contributed by atoms with E-state index in [1.54, 1.807) is 24.3 Å². The summed E-state index contributed by atoms with van der Waals surface area (Å²) in [6, 6.07) is 7.05. The molecular formula is C17H23N3O3. The summed E-state index contributed by atoms with van der Waals surface area (Å²) in [4.78, 5) is 23.8. The smallest absolute Gasteiger partial charge is 0.241 e. The van der Waals surface area contributed by atoms with Gasteiger partial charge in [-0.25, -0.2) is 0 Å². The minimum Gasteiger partial charge on any atom is -0.391 e. The van der Waals surface area contributed by atoms with Gasteiger partial charge in [-0.3, -0.25) is 14.3 Å². The Bertz CT molecular complexity index is 722. The van der Waals surface area contributed by atoms with Gasteiger partial charge in [0.15, 0.2) is 0 Å². The van der Waals surface area contributed by atoms with Crippen LogP contribution in [0.1, 0.15) is 26.7 Å². The van der Waals surface area contributed by atoms with Gasteiger partial charge < -0.3 is 10.4 Å². The zero-order valence-corrected chi connectivity index (χ0v) is 13.5. The Morgan fingerprint density at radius 1 is 1.30 bits per heavy atom. The maximum absolute atomic E-state index is 12.1. The number of para-hydroxylation sites is 1. The molecule has 0 aliphatic heterocycles. The Morgan fingerprint density at radius 3 is 2.70 bits per heavy atom. The summed E-state index contributed by atoms with van der Waals surface area (Å²) in [5, 5.41) is 17.3. The summed E-state index contributed by atoms with van der Waals surface area (Å²) in [5.74, 6) is -0.0574. The zero-order chi connectivity index (χ0) is 16.8. The monoisotopic (exact) mass is 317 g/mol. The first-order valence-electron chi connectivity index (χ1n) is 7.96. The predicted molar refractivity (Wildman–Crippen MR) is 89.1 cm³/mol. The van der Waals surface area contributed by atoms with E-state index < -0.39 is 6.10 Å². The third-order valence-corrected chi connectivity index (χ3v) is 4.16. The molecule has 6 heteroatoms. The normalized spacial score (nSPS) is 12.5. The van der Waals surface area contributed by atoms with Gasteiger partial charge in [0.1, 0.15) is 6.54 Å². The molecule has 2 aromatic rings. The van der Waals surface area contributed by atoms with Crippen molar-refractivity contribution in [3.8, 4) is 0 Å². The van der Waals surface area contributed by atoms with Crippen LogP contribution in [0.3, 0.4) is 0 Å². The molecule has 1 amide bonds. The molecule has 0 bridgehead atoms. The molecule has 6 nitrogen and oxygen atoms in total. The molecule has 0 saturated carbocycles. The Labute approximate surface area is 135 Å². The van der Waals surface area contributed by atoms with Gasteiger partial charge in [-0.15, -0.1) is 0 Å². The molecule has 0 aliphatic carbocycles. The molecule has 23 heavy (non-hydrogen) atoms. The highest BCUT2D eigenvalue weighted by Crippen LogP contribution is 2.12. The van der Waals surface area contributed by atoms with Crippen molar-refractivity contribution < 1.29 is 9.90 Å². The van der Waals surface area contributed by atoms with Crippen molar-refractivity contribution in [2.24, 2.45) is 5.92 Å². The van der Waals surface area contributed by atoms with Crippen molar-refractivity contribution >= 4 is 16.8 Å². The SMILES string of the molecule is CCC(CC)C(O)CNC(=O)Cn1ncc(=O)c2ccccc21. The molecule has 2 N–H and O–H groups in total. The lowest BCUT2D eigenvalue weighted by Crippen LogP contribution is -2.38. The summed E-state index contributed by atoms with van der Waals surface area (Å²) in [6.07, 6.45) is 2.42. The number of aliphatic hydroxyl groups is 1. The van der Waals surface area contributed by atoms with E-state index in [9.17, 15) is 14.7 Å². The fourth-order valence-corrected chi connectivity index (χ4v) is 2.70. The summed E-state index contributed by atoms with van der Waals surface area (Å²) >= 11 is 0. The van der Waals surface area contributed by atoms with E-state index in [0.29, 0.717) is 10.9 Å². The average molecular weight is 317 g/mol. The number of nitrogens with one attached hydrogen (secondary N) is 1. The lowest BCUT2D eigenvalue weighted by molar-refractivity contribution is -0.122. The second-order valence-electron chi connectivity index (χ2n) is 5.63. The van der Waals surface area contributed by atoms with Gasteiger partial charge in [0.05, 0.1) is 17.8 Å². The number of amides is 1. The molecule has 0 spiro atoms. The molecular weight excluding hydrogens is 294 g/mol. The Kier molecular flexibility index (Phi) is 5.87. The molecule has 124 valence electrons. The van der Waals surface area contributed by atoms with Crippen LogP contribution < -0.4 is 10.7 Å². The zero-order valence-electron chi connectivity index (χ0n) is 13.5. The van der Waals surface area contributed by atoms with E-state index in [4.69, 9.17) is 0 Å². The van der Waals surface area contributed by atoms with Crippen molar-refractivity contribution in [3.05, 3.63) is 40.7 Å². The Morgan fingerprint density at radius 2 is 2.00 bits per heavy atom. The van der Waals surface area contributed by atoms with Crippen LogP contribution in [0.4, 0.5) is 0 Å². The quantitative estimate of drug-likeness (QED) is 0.806. The van der Waals surface area contributed by atoms with E-state index >= 15 is 0 Å². The number of aliphatic hydroxyl groups excluding tert-OH is 1. The molecule has 0 fully saturated rings. The lowest BCUT2D eigenvalue weighted by Gasteiger charge is -2.20. The van der Waals surface area contributed by atoms with Gasteiger partial charge in [0, 0.05) is 11.9 Å². The predicted octanol–water partition coefficient (Wildman–Crippen LogP) is 1.31. The van der Waals surface area contributed by atoms with Crippen LogP contribution in [0.5, 0.6) is 0 Å². The maximum atomic E-state index is 12.1. The number of rotatable bonds is 7. The first kappa shape index (κ1) is 17.1. The highest BCUT2D eigenvalue weighted by Gasteiger charge is 2.16. The number of aromatic nitrogens is 2.